The third-order valence-corrected chi connectivity index (χ3v) is 2.57. The van der Waals surface area contributed by atoms with Gasteiger partial charge in [-0.3, -0.25) is 4.98 Å². The maximum atomic E-state index is 4.38. The van der Waals surface area contributed by atoms with Gasteiger partial charge in [-0.15, -0.1) is 0 Å². The summed E-state index contributed by atoms with van der Waals surface area (Å²) in [5.41, 5.74) is 1.19. The summed E-state index contributed by atoms with van der Waals surface area (Å²) in [6.45, 7) is 4.40. The molecular weight excluding hydrogens is 160 g/mol. The first-order valence-corrected chi connectivity index (χ1v) is 4.87. The molecule has 0 saturated heterocycles. The minimum Gasteiger partial charge on any atom is -0.317 e. The van der Waals surface area contributed by atoms with Crippen LogP contribution < -0.4 is 5.32 Å². The predicted octanol–water partition coefficient (Wildman–Crippen LogP) is 2.18. The number of pyridine rings is 1. The van der Waals surface area contributed by atoms with E-state index in [4.69, 9.17) is 0 Å². The van der Waals surface area contributed by atoms with E-state index in [0.29, 0.717) is 12.0 Å². The molecule has 2 unspecified atom stereocenters. The van der Waals surface area contributed by atoms with Crippen LogP contribution >= 0.6 is 0 Å². The van der Waals surface area contributed by atoms with Crippen LogP contribution in [0.2, 0.25) is 0 Å². The molecule has 1 heterocycles. The number of likely N-dealkylation sites (N-methyl/N-ethyl adjacent to an activating group) is 1. The Morgan fingerprint density at radius 1 is 1.46 bits per heavy atom. The van der Waals surface area contributed by atoms with Crippen LogP contribution in [0, 0.1) is 0 Å². The van der Waals surface area contributed by atoms with E-state index in [1.807, 2.05) is 25.4 Å². The van der Waals surface area contributed by atoms with Gasteiger partial charge < -0.3 is 5.32 Å². The summed E-state index contributed by atoms with van der Waals surface area (Å²) in [5, 5.41) is 3.27. The molecule has 1 aromatic heterocycles. The van der Waals surface area contributed by atoms with Crippen molar-refractivity contribution in [3.8, 4) is 0 Å². The second-order valence-corrected chi connectivity index (χ2v) is 3.35. The van der Waals surface area contributed by atoms with Gasteiger partial charge in [-0.25, -0.2) is 0 Å². The molecule has 2 atom stereocenters. The first kappa shape index (κ1) is 10.2. The van der Waals surface area contributed by atoms with Crippen LogP contribution in [0.5, 0.6) is 0 Å². The Labute approximate surface area is 80.4 Å². The van der Waals surface area contributed by atoms with Gasteiger partial charge >= 0.3 is 0 Å². The molecule has 0 aliphatic heterocycles. The summed E-state index contributed by atoms with van der Waals surface area (Å²) in [5.74, 6) is 0.520. The normalized spacial score (nSPS) is 15.3. The summed E-state index contributed by atoms with van der Waals surface area (Å²) in [7, 11) is 2.00. The topological polar surface area (TPSA) is 24.9 Å². The number of aromatic nitrogens is 1. The zero-order chi connectivity index (χ0) is 9.68. The molecule has 2 nitrogen and oxygen atoms in total. The quantitative estimate of drug-likeness (QED) is 0.764. The summed E-state index contributed by atoms with van der Waals surface area (Å²) in [4.78, 5) is 4.38. The molecule has 0 bridgehead atoms. The Bertz CT molecular complexity index is 233. The number of hydrogen-bond donors (Lipinski definition) is 1. The zero-order valence-corrected chi connectivity index (χ0v) is 8.62. The zero-order valence-electron chi connectivity index (χ0n) is 8.62. The smallest absolute Gasteiger partial charge is 0.0449 e. The van der Waals surface area contributed by atoms with Gasteiger partial charge in [0.05, 0.1) is 0 Å². The van der Waals surface area contributed by atoms with Gasteiger partial charge in [0.2, 0.25) is 0 Å². The summed E-state index contributed by atoms with van der Waals surface area (Å²) in [6, 6.07) is 6.59. The lowest BCUT2D eigenvalue weighted by molar-refractivity contribution is 0.474. The maximum absolute atomic E-state index is 4.38. The third kappa shape index (κ3) is 2.52. The van der Waals surface area contributed by atoms with Gasteiger partial charge in [0.1, 0.15) is 0 Å². The maximum Gasteiger partial charge on any atom is 0.0449 e. The molecule has 13 heavy (non-hydrogen) atoms. The van der Waals surface area contributed by atoms with Crippen molar-refractivity contribution in [2.45, 2.75) is 32.2 Å². The molecule has 0 fully saturated rings. The van der Waals surface area contributed by atoms with Crippen molar-refractivity contribution in [2.24, 2.45) is 0 Å². The molecule has 0 amide bonds. The van der Waals surface area contributed by atoms with E-state index < -0.39 is 0 Å². The van der Waals surface area contributed by atoms with E-state index in [2.05, 4.69) is 30.2 Å². The molecule has 1 rings (SSSR count). The van der Waals surface area contributed by atoms with Gasteiger partial charge in [0.15, 0.2) is 0 Å². The average Bonchev–Trinajstić information content (AvgIpc) is 2.20. The minimum absolute atomic E-state index is 0.486. The molecule has 0 radical (unpaired) electrons. The van der Waals surface area contributed by atoms with Crippen molar-refractivity contribution in [3.63, 3.8) is 0 Å². The first-order valence-electron chi connectivity index (χ1n) is 4.87. The molecule has 0 saturated carbocycles. The number of nitrogens with zero attached hydrogens (tertiary/aromatic N) is 1. The van der Waals surface area contributed by atoms with Gasteiger partial charge in [0.25, 0.3) is 0 Å². The molecule has 0 aliphatic carbocycles. The predicted molar refractivity (Wildman–Crippen MR) is 55.8 cm³/mol. The van der Waals surface area contributed by atoms with Crippen LogP contribution in [-0.4, -0.2) is 18.1 Å². The van der Waals surface area contributed by atoms with Crippen LogP contribution in [0.1, 0.15) is 31.9 Å². The lowest BCUT2D eigenvalue weighted by atomic mass is 9.94. The van der Waals surface area contributed by atoms with E-state index >= 15 is 0 Å². The summed E-state index contributed by atoms with van der Waals surface area (Å²) >= 11 is 0. The van der Waals surface area contributed by atoms with E-state index in [1.54, 1.807) is 0 Å². The molecule has 72 valence electrons. The largest absolute Gasteiger partial charge is 0.317 e. The second-order valence-electron chi connectivity index (χ2n) is 3.35. The van der Waals surface area contributed by atoms with Crippen molar-refractivity contribution >= 4 is 0 Å². The van der Waals surface area contributed by atoms with E-state index in [9.17, 15) is 0 Å². The Balaban J connectivity index is 2.78. The second kappa shape index (κ2) is 4.97. The highest BCUT2D eigenvalue weighted by atomic mass is 14.9. The third-order valence-electron chi connectivity index (χ3n) is 2.57. The van der Waals surface area contributed by atoms with Gasteiger partial charge in [0, 0.05) is 23.9 Å². The molecule has 0 spiro atoms. The van der Waals surface area contributed by atoms with Gasteiger partial charge in [-0.1, -0.05) is 13.0 Å². The fourth-order valence-electron chi connectivity index (χ4n) is 1.62. The first-order chi connectivity index (χ1) is 6.29. The van der Waals surface area contributed by atoms with Crippen molar-refractivity contribution in [3.05, 3.63) is 30.1 Å². The van der Waals surface area contributed by atoms with Crippen LogP contribution in [-0.2, 0) is 0 Å². The van der Waals surface area contributed by atoms with Crippen LogP contribution in [0.4, 0.5) is 0 Å². The lowest BCUT2D eigenvalue weighted by Crippen LogP contribution is -2.29. The molecule has 0 aromatic carbocycles. The highest BCUT2D eigenvalue weighted by Gasteiger charge is 2.16. The van der Waals surface area contributed by atoms with Crippen molar-refractivity contribution in [2.75, 3.05) is 7.05 Å². The average molecular weight is 178 g/mol. The Morgan fingerprint density at radius 3 is 2.69 bits per heavy atom. The van der Waals surface area contributed by atoms with Gasteiger partial charge in [-0.05, 0) is 32.5 Å². The Hall–Kier alpha value is -0.890. The monoisotopic (exact) mass is 178 g/mol. The molecular formula is C11H18N2. The highest BCUT2D eigenvalue weighted by Crippen LogP contribution is 2.20. The number of nitrogens with one attached hydrogen (secondary N) is 1. The summed E-state index contributed by atoms with van der Waals surface area (Å²) in [6.07, 6.45) is 2.99. The Kier molecular flexibility index (Phi) is 3.90. The number of hydrogen-bond acceptors (Lipinski definition) is 2. The molecule has 1 aromatic rings. The van der Waals surface area contributed by atoms with Crippen molar-refractivity contribution < 1.29 is 0 Å². The molecule has 1 N–H and O–H groups in total. The van der Waals surface area contributed by atoms with Crippen LogP contribution in [0.15, 0.2) is 24.4 Å². The Morgan fingerprint density at radius 2 is 2.23 bits per heavy atom. The summed E-state index contributed by atoms with van der Waals surface area (Å²) < 4.78 is 0. The van der Waals surface area contributed by atoms with Gasteiger partial charge in [-0.2, -0.15) is 0 Å². The van der Waals surface area contributed by atoms with Crippen LogP contribution in [0.25, 0.3) is 0 Å². The molecule has 0 aliphatic rings. The van der Waals surface area contributed by atoms with Crippen molar-refractivity contribution in [1.29, 1.82) is 0 Å². The van der Waals surface area contributed by atoms with Crippen LogP contribution in [0.3, 0.4) is 0 Å². The lowest BCUT2D eigenvalue weighted by Gasteiger charge is -2.21. The van der Waals surface area contributed by atoms with E-state index in [-0.39, 0.29) is 0 Å². The molecule has 2 heteroatoms. The SMILES string of the molecule is CCC(c1ccccn1)C(C)NC. The minimum atomic E-state index is 0.486. The number of rotatable bonds is 4. The fourth-order valence-corrected chi connectivity index (χ4v) is 1.62. The highest BCUT2D eigenvalue weighted by molar-refractivity contribution is 5.11. The standard InChI is InChI=1S/C11H18N2/c1-4-10(9(2)12-3)11-7-5-6-8-13-11/h5-10,12H,4H2,1-3H3. The van der Waals surface area contributed by atoms with E-state index in [0.717, 1.165) is 6.42 Å². The van der Waals surface area contributed by atoms with E-state index in [1.165, 1.54) is 5.69 Å². The van der Waals surface area contributed by atoms with Crippen molar-refractivity contribution in [1.82, 2.24) is 10.3 Å². The fraction of sp³-hybridized carbons (Fsp3) is 0.545.